The molecule has 4 rings (SSSR count). The fraction of sp³-hybridized carbons (Fsp3) is 0.148. The van der Waals surface area contributed by atoms with Gasteiger partial charge in [-0.3, -0.25) is 14.5 Å². The summed E-state index contributed by atoms with van der Waals surface area (Å²) >= 11 is 6.71. The average Bonchev–Trinajstić information content (AvgIpc) is 3.16. The number of benzene rings is 3. The van der Waals surface area contributed by atoms with Crippen molar-refractivity contribution in [3.63, 3.8) is 0 Å². The molecule has 0 bridgehead atoms. The van der Waals surface area contributed by atoms with Gasteiger partial charge in [0.1, 0.15) is 11.5 Å². The molecular weight excluding hydrogens is 480 g/mol. The summed E-state index contributed by atoms with van der Waals surface area (Å²) in [6.45, 7) is 2.88. The quantitative estimate of drug-likeness (QED) is 0.320. The Morgan fingerprint density at radius 3 is 2.31 bits per heavy atom. The highest BCUT2D eigenvalue weighted by Gasteiger charge is 2.33. The maximum atomic E-state index is 13.0. The standard InChI is InChI=1S/C27H24N2O4S2/c1-2-32-22-14-10-21(11-15-22)29-26(31)24(35-27(29)34)16-19-8-12-23(13-9-19)33-18-25(30)28-17-20-6-4-3-5-7-20/h3-16H,2,17-18H2,1H3,(H,28,30)/b24-16-. The first-order chi connectivity index (χ1) is 17.0. The van der Waals surface area contributed by atoms with E-state index in [1.807, 2.05) is 73.7 Å². The summed E-state index contributed by atoms with van der Waals surface area (Å²) in [6.07, 6.45) is 1.80. The van der Waals surface area contributed by atoms with Crippen LogP contribution in [0.3, 0.4) is 0 Å². The molecule has 1 saturated heterocycles. The van der Waals surface area contributed by atoms with Gasteiger partial charge in [-0.05, 0) is 60.5 Å². The van der Waals surface area contributed by atoms with Crippen LogP contribution in [0.15, 0.2) is 83.8 Å². The first-order valence-corrected chi connectivity index (χ1v) is 12.3. The van der Waals surface area contributed by atoms with Crippen LogP contribution in [-0.4, -0.2) is 29.3 Å². The first-order valence-electron chi connectivity index (χ1n) is 11.1. The Morgan fingerprint density at radius 2 is 1.63 bits per heavy atom. The number of hydrogen-bond acceptors (Lipinski definition) is 6. The SMILES string of the molecule is CCOc1ccc(N2C(=O)/C(=C/c3ccc(OCC(=O)NCc4ccccc4)cc3)SC2=S)cc1. The molecule has 8 heteroatoms. The van der Waals surface area contributed by atoms with Crippen molar-refractivity contribution in [3.05, 3.63) is 94.9 Å². The van der Waals surface area contributed by atoms with Crippen molar-refractivity contribution in [2.24, 2.45) is 0 Å². The zero-order valence-electron chi connectivity index (χ0n) is 19.1. The predicted octanol–water partition coefficient (Wildman–Crippen LogP) is 5.19. The number of ether oxygens (including phenoxy) is 2. The number of anilines is 1. The Bertz CT molecular complexity index is 1230. The van der Waals surface area contributed by atoms with E-state index >= 15 is 0 Å². The van der Waals surface area contributed by atoms with Gasteiger partial charge in [-0.25, -0.2) is 0 Å². The van der Waals surface area contributed by atoms with Gasteiger partial charge in [0.05, 0.1) is 17.2 Å². The molecule has 0 aliphatic carbocycles. The van der Waals surface area contributed by atoms with E-state index in [0.717, 1.165) is 16.9 Å². The number of nitrogens with one attached hydrogen (secondary N) is 1. The van der Waals surface area contributed by atoms with Crippen LogP contribution in [0.2, 0.25) is 0 Å². The van der Waals surface area contributed by atoms with Crippen LogP contribution in [0.25, 0.3) is 6.08 Å². The molecule has 0 saturated carbocycles. The summed E-state index contributed by atoms with van der Waals surface area (Å²) in [7, 11) is 0. The van der Waals surface area contributed by atoms with Crippen LogP contribution in [0.1, 0.15) is 18.1 Å². The minimum Gasteiger partial charge on any atom is -0.494 e. The number of thiocarbonyl (C=S) groups is 1. The van der Waals surface area contributed by atoms with E-state index in [1.165, 1.54) is 16.7 Å². The molecule has 1 aliphatic rings. The summed E-state index contributed by atoms with van der Waals surface area (Å²) < 4.78 is 11.5. The summed E-state index contributed by atoms with van der Waals surface area (Å²) in [6, 6.07) is 24.2. The number of carbonyl (C=O) groups is 2. The molecule has 0 atom stereocenters. The predicted molar refractivity (Wildman–Crippen MR) is 143 cm³/mol. The van der Waals surface area contributed by atoms with Gasteiger partial charge in [0.2, 0.25) is 0 Å². The molecular formula is C27H24N2O4S2. The van der Waals surface area contributed by atoms with Gasteiger partial charge in [-0.1, -0.05) is 66.4 Å². The van der Waals surface area contributed by atoms with E-state index in [0.29, 0.717) is 33.8 Å². The molecule has 0 radical (unpaired) electrons. The molecule has 3 aromatic carbocycles. The molecule has 1 aliphatic heterocycles. The highest BCUT2D eigenvalue weighted by molar-refractivity contribution is 8.27. The molecule has 1 fully saturated rings. The highest BCUT2D eigenvalue weighted by atomic mass is 32.2. The minimum atomic E-state index is -0.198. The molecule has 35 heavy (non-hydrogen) atoms. The van der Waals surface area contributed by atoms with Gasteiger partial charge in [-0.15, -0.1) is 0 Å². The van der Waals surface area contributed by atoms with E-state index in [1.54, 1.807) is 18.2 Å². The normalized spacial score (nSPS) is 14.3. The van der Waals surface area contributed by atoms with Gasteiger partial charge < -0.3 is 14.8 Å². The number of thioether (sulfide) groups is 1. The number of amides is 2. The van der Waals surface area contributed by atoms with E-state index in [2.05, 4.69) is 5.32 Å². The Balaban J connectivity index is 1.33. The van der Waals surface area contributed by atoms with Crippen molar-refractivity contribution in [3.8, 4) is 11.5 Å². The third-order valence-corrected chi connectivity index (χ3v) is 6.38. The number of nitrogens with zero attached hydrogens (tertiary/aromatic N) is 1. The Hall–Kier alpha value is -3.62. The molecule has 1 N–H and O–H groups in total. The van der Waals surface area contributed by atoms with Crippen LogP contribution < -0.4 is 19.7 Å². The number of hydrogen-bond donors (Lipinski definition) is 1. The Morgan fingerprint density at radius 1 is 0.971 bits per heavy atom. The lowest BCUT2D eigenvalue weighted by Crippen LogP contribution is -2.28. The molecule has 178 valence electrons. The molecule has 1 heterocycles. The van der Waals surface area contributed by atoms with Crippen LogP contribution >= 0.6 is 24.0 Å². The van der Waals surface area contributed by atoms with E-state index in [9.17, 15) is 9.59 Å². The number of carbonyl (C=O) groups excluding carboxylic acids is 2. The molecule has 0 unspecified atom stereocenters. The van der Waals surface area contributed by atoms with Crippen molar-refractivity contribution in [2.75, 3.05) is 18.1 Å². The second kappa shape index (κ2) is 11.7. The summed E-state index contributed by atoms with van der Waals surface area (Å²) in [5, 5.41) is 2.83. The highest BCUT2D eigenvalue weighted by Crippen LogP contribution is 2.36. The van der Waals surface area contributed by atoms with Gasteiger partial charge in [0, 0.05) is 6.54 Å². The van der Waals surface area contributed by atoms with Gasteiger partial charge in [0.25, 0.3) is 11.8 Å². The third kappa shape index (κ3) is 6.49. The summed E-state index contributed by atoms with van der Waals surface area (Å²) in [4.78, 5) is 27.1. The van der Waals surface area contributed by atoms with Crippen molar-refractivity contribution in [1.82, 2.24) is 5.32 Å². The fourth-order valence-electron chi connectivity index (χ4n) is 3.36. The Kier molecular flexibility index (Phi) is 8.18. The van der Waals surface area contributed by atoms with Gasteiger partial charge in [-0.2, -0.15) is 0 Å². The minimum absolute atomic E-state index is 0.0765. The second-order valence-corrected chi connectivity index (χ2v) is 9.24. The van der Waals surface area contributed by atoms with E-state index in [-0.39, 0.29) is 18.4 Å². The largest absolute Gasteiger partial charge is 0.494 e. The maximum Gasteiger partial charge on any atom is 0.270 e. The fourth-order valence-corrected chi connectivity index (χ4v) is 4.66. The second-order valence-electron chi connectivity index (χ2n) is 7.56. The lowest BCUT2D eigenvalue weighted by molar-refractivity contribution is -0.123. The molecule has 3 aromatic rings. The number of rotatable bonds is 9. The zero-order valence-corrected chi connectivity index (χ0v) is 20.7. The van der Waals surface area contributed by atoms with Gasteiger partial charge in [0.15, 0.2) is 10.9 Å². The molecule has 0 spiro atoms. The zero-order chi connectivity index (χ0) is 24.6. The van der Waals surface area contributed by atoms with Crippen molar-refractivity contribution < 1.29 is 19.1 Å². The Labute approximate surface area is 213 Å². The monoisotopic (exact) mass is 504 g/mol. The summed E-state index contributed by atoms with van der Waals surface area (Å²) in [5.41, 5.74) is 2.56. The molecule has 0 aromatic heterocycles. The summed E-state index contributed by atoms with van der Waals surface area (Å²) in [5.74, 6) is 0.947. The maximum absolute atomic E-state index is 13.0. The van der Waals surface area contributed by atoms with Crippen molar-refractivity contribution >= 4 is 51.9 Å². The van der Waals surface area contributed by atoms with Crippen LogP contribution in [-0.2, 0) is 16.1 Å². The van der Waals surface area contributed by atoms with Gasteiger partial charge >= 0.3 is 0 Å². The first kappa shape index (κ1) is 24.5. The molecule has 2 amide bonds. The van der Waals surface area contributed by atoms with Crippen molar-refractivity contribution in [1.29, 1.82) is 0 Å². The van der Waals surface area contributed by atoms with Crippen molar-refractivity contribution in [2.45, 2.75) is 13.5 Å². The van der Waals surface area contributed by atoms with E-state index < -0.39 is 0 Å². The van der Waals surface area contributed by atoms with Crippen LogP contribution in [0.4, 0.5) is 5.69 Å². The lowest BCUT2D eigenvalue weighted by Gasteiger charge is -2.15. The topological polar surface area (TPSA) is 67.9 Å². The average molecular weight is 505 g/mol. The molecule has 6 nitrogen and oxygen atoms in total. The van der Waals surface area contributed by atoms with E-state index in [4.69, 9.17) is 21.7 Å². The lowest BCUT2D eigenvalue weighted by atomic mass is 10.2. The third-order valence-electron chi connectivity index (χ3n) is 5.08. The smallest absolute Gasteiger partial charge is 0.270 e. The van der Waals surface area contributed by atoms with Crippen LogP contribution in [0.5, 0.6) is 11.5 Å². The van der Waals surface area contributed by atoms with Crippen LogP contribution in [0, 0.1) is 0 Å².